The van der Waals surface area contributed by atoms with E-state index in [2.05, 4.69) is 25.8 Å². The van der Waals surface area contributed by atoms with Gasteiger partial charge >= 0.3 is 0 Å². The molecule has 0 aliphatic heterocycles. The Morgan fingerprint density at radius 1 is 1.21 bits per heavy atom. The van der Waals surface area contributed by atoms with Crippen LogP contribution in [0.25, 0.3) is 0 Å². The zero-order chi connectivity index (χ0) is 14.3. The van der Waals surface area contributed by atoms with Gasteiger partial charge in [0.2, 0.25) is 0 Å². The molecule has 1 unspecified atom stereocenters. The second kappa shape index (κ2) is 7.63. The molecule has 0 aliphatic rings. The molecule has 108 valence electrons. The largest absolute Gasteiger partial charge is 0.394 e. The Balaban J connectivity index is 2.53. The number of hydrogen-bond acceptors (Lipinski definition) is 3. The van der Waals surface area contributed by atoms with E-state index in [1.54, 1.807) is 0 Å². The molecule has 0 saturated carbocycles. The molecule has 1 rings (SSSR count). The highest BCUT2D eigenvalue weighted by Crippen LogP contribution is 2.21. The molecule has 3 heteroatoms. The fourth-order valence-electron chi connectivity index (χ4n) is 2.07. The lowest BCUT2D eigenvalue weighted by molar-refractivity contribution is 0.169. The molecule has 1 aromatic rings. The fraction of sp³-hybridized carbons (Fsp3) is 0.625. The molecular formula is C16H28N2O. The summed E-state index contributed by atoms with van der Waals surface area (Å²) in [6, 6.07) is 9.88. The molecule has 0 radical (unpaired) electrons. The molecule has 1 atom stereocenters. The van der Waals surface area contributed by atoms with Gasteiger partial charge in [0.15, 0.2) is 0 Å². The topological polar surface area (TPSA) is 49.5 Å². The van der Waals surface area contributed by atoms with Gasteiger partial charge in [-0.25, -0.2) is 0 Å². The number of nitrogens with zero attached hydrogens (tertiary/aromatic N) is 1. The van der Waals surface area contributed by atoms with Crippen LogP contribution in [0.3, 0.4) is 0 Å². The smallest absolute Gasteiger partial charge is 0.0656 e. The molecule has 0 heterocycles. The third-order valence-corrected chi connectivity index (χ3v) is 3.66. The van der Waals surface area contributed by atoms with Gasteiger partial charge in [0.1, 0.15) is 0 Å². The van der Waals surface area contributed by atoms with Gasteiger partial charge in [-0.15, -0.1) is 0 Å². The van der Waals surface area contributed by atoms with Crippen molar-refractivity contribution < 1.29 is 5.11 Å². The highest BCUT2D eigenvalue weighted by molar-refractivity contribution is 5.24. The van der Waals surface area contributed by atoms with E-state index < -0.39 is 5.54 Å². The van der Waals surface area contributed by atoms with E-state index in [4.69, 9.17) is 5.73 Å². The van der Waals surface area contributed by atoms with Crippen molar-refractivity contribution >= 4 is 0 Å². The Bertz CT molecular complexity index is 353. The molecule has 0 fully saturated rings. The Hall–Kier alpha value is -0.900. The minimum atomic E-state index is -0.632. The monoisotopic (exact) mass is 264 g/mol. The standard InChI is InChI=1S/C16H28N2O/c1-14(2)9-11-18(3)12-10-16(17,13-19)15-7-5-4-6-8-15/h4-8,14,19H,9-13,17H2,1-3H3. The van der Waals surface area contributed by atoms with Crippen molar-refractivity contribution in [2.75, 3.05) is 26.7 Å². The Morgan fingerprint density at radius 3 is 2.37 bits per heavy atom. The van der Waals surface area contributed by atoms with Crippen molar-refractivity contribution in [1.82, 2.24) is 4.90 Å². The minimum absolute atomic E-state index is 0.0188. The predicted octanol–water partition coefficient (Wildman–Crippen LogP) is 2.20. The third-order valence-electron chi connectivity index (χ3n) is 3.66. The molecule has 0 saturated heterocycles. The first-order chi connectivity index (χ1) is 8.98. The molecule has 0 aliphatic carbocycles. The van der Waals surface area contributed by atoms with Crippen LogP contribution in [-0.2, 0) is 5.54 Å². The van der Waals surface area contributed by atoms with Crippen molar-refractivity contribution in [3.63, 3.8) is 0 Å². The van der Waals surface area contributed by atoms with Gasteiger partial charge in [-0.05, 0) is 44.5 Å². The molecule has 19 heavy (non-hydrogen) atoms. The van der Waals surface area contributed by atoms with Crippen LogP contribution < -0.4 is 5.73 Å². The minimum Gasteiger partial charge on any atom is -0.394 e. The lowest BCUT2D eigenvalue weighted by Crippen LogP contribution is -2.43. The average Bonchev–Trinajstić information content (AvgIpc) is 2.43. The fourth-order valence-corrected chi connectivity index (χ4v) is 2.07. The van der Waals surface area contributed by atoms with Crippen molar-refractivity contribution in [2.45, 2.75) is 32.2 Å². The first-order valence-electron chi connectivity index (χ1n) is 7.12. The van der Waals surface area contributed by atoms with Crippen LogP contribution in [0, 0.1) is 5.92 Å². The van der Waals surface area contributed by atoms with Gasteiger partial charge < -0.3 is 15.7 Å². The van der Waals surface area contributed by atoms with Crippen LogP contribution in [0.5, 0.6) is 0 Å². The lowest BCUT2D eigenvalue weighted by atomic mass is 9.88. The Kier molecular flexibility index (Phi) is 6.49. The van der Waals surface area contributed by atoms with E-state index in [9.17, 15) is 5.11 Å². The highest BCUT2D eigenvalue weighted by Gasteiger charge is 2.26. The molecule has 0 aromatic heterocycles. The summed E-state index contributed by atoms with van der Waals surface area (Å²) in [6.07, 6.45) is 1.96. The first-order valence-corrected chi connectivity index (χ1v) is 7.12. The van der Waals surface area contributed by atoms with Gasteiger partial charge in [-0.2, -0.15) is 0 Å². The van der Waals surface area contributed by atoms with Crippen LogP contribution in [0.15, 0.2) is 30.3 Å². The number of hydrogen-bond donors (Lipinski definition) is 2. The van der Waals surface area contributed by atoms with Crippen LogP contribution in [0.1, 0.15) is 32.3 Å². The summed E-state index contributed by atoms with van der Waals surface area (Å²) in [5, 5.41) is 9.63. The van der Waals surface area contributed by atoms with E-state index in [-0.39, 0.29) is 6.61 Å². The summed E-state index contributed by atoms with van der Waals surface area (Å²) in [7, 11) is 2.12. The van der Waals surface area contributed by atoms with E-state index in [1.807, 2.05) is 30.3 Å². The summed E-state index contributed by atoms with van der Waals surface area (Å²) in [4.78, 5) is 2.29. The quantitative estimate of drug-likeness (QED) is 0.757. The normalized spacial score (nSPS) is 14.9. The number of rotatable bonds is 8. The zero-order valence-corrected chi connectivity index (χ0v) is 12.5. The van der Waals surface area contributed by atoms with Crippen LogP contribution in [0.2, 0.25) is 0 Å². The van der Waals surface area contributed by atoms with Gasteiger partial charge in [-0.1, -0.05) is 44.2 Å². The zero-order valence-electron chi connectivity index (χ0n) is 12.5. The van der Waals surface area contributed by atoms with Gasteiger partial charge in [-0.3, -0.25) is 0 Å². The Labute approximate surface area is 117 Å². The van der Waals surface area contributed by atoms with Crippen molar-refractivity contribution in [3.05, 3.63) is 35.9 Å². The number of nitrogens with two attached hydrogens (primary N) is 1. The second-order valence-corrected chi connectivity index (χ2v) is 5.92. The van der Waals surface area contributed by atoms with Crippen molar-refractivity contribution in [2.24, 2.45) is 11.7 Å². The van der Waals surface area contributed by atoms with Crippen molar-refractivity contribution in [3.8, 4) is 0 Å². The van der Waals surface area contributed by atoms with Gasteiger partial charge in [0.05, 0.1) is 12.1 Å². The summed E-state index contributed by atoms with van der Waals surface area (Å²) in [5.41, 5.74) is 6.72. The maximum atomic E-state index is 9.63. The lowest BCUT2D eigenvalue weighted by Gasteiger charge is -2.30. The van der Waals surface area contributed by atoms with Crippen LogP contribution in [0.4, 0.5) is 0 Å². The third kappa shape index (κ3) is 5.31. The average molecular weight is 264 g/mol. The van der Waals surface area contributed by atoms with E-state index in [0.717, 1.165) is 31.0 Å². The van der Waals surface area contributed by atoms with E-state index in [1.165, 1.54) is 6.42 Å². The maximum absolute atomic E-state index is 9.63. The summed E-state index contributed by atoms with van der Waals surface area (Å²) < 4.78 is 0. The second-order valence-electron chi connectivity index (χ2n) is 5.92. The maximum Gasteiger partial charge on any atom is 0.0656 e. The van der Waals surface area contributed by atoms with Crippen molar-refractivity contribution in [1.29, 1.82) is 0 Å². The van der Waals surface area contributed by atoms with Crippen LogP contribution >= 0.6 is 0 Å². The number of benzene rings is 1. The Morgan fingerprint density at radius 2 is 1.84 bits per heavy atom. The first kappa shape index (κ1) is 16.2. The molecule has 1 aromatic carbocycles. The molecule has 0 spiro atoms. The highest BCUT2D eigenvalue weighted by atomic mass is 16.3. The molecule has 3 N–H and O–H groups in total. The van der Waals surface area contributed by atoms with Gasteiger partial charge in [0.25, 0.3) is 0 Å². The van der Waals surface area contributed by atoms with Gasteiger partial charge in [0, 0.05) is 0 Å². The predicted molar refractivity (Wildman–Crippen MR) is 81.0 cm³/mol. The van der Waals surface area contributed by atoms with E-state index in [0.29, 0.717) is 0 Å². The number of aliphatic hydroxyl groups excluding tert-OH is 1. The number of aliphatic hydroxyl groups is 1. The summed E-state index contributed by atoms with van der Waals surface area (Å²) in [5.74, 6) is 0.719. The molecular weight excluding hydrogens is 236 g/mol. The SMILES string of the molecule is CC(C)CCN(C)CCC(N)(CO)c1ccccc1. The summed E-state index contributed by atoms with van der Waals surface area (Å²) >= 11 is 0. The molecule has 0 amide bonds. The van der Waals surface area contributed by atoms with Crippen LogP contribution in [-0.4, -0.2) is 36.8 Å². The van der Waals surface area contributed by atoms with E-state index >= 15 is 0 Å². The summed E-state index contributed by atoms with van der Waals surface area (Å²) in [6.45, 7) is 6.43. The molecule has 3 nitrogen and oxygen atoms in total. The molecule has 0 bridgehead atoms.